The Morgan fingerprint density at radius 3 is 2.53 bits per heavy atom. The van der Waals surface area contributed by atoms with Gasteiger partial charge in [-0.05, 0) is 31.4 Å². The highest BCUT2D eigenvalue weighted by Crippen LogP contribution is 2.31. The maximum absolute atomic E-state index is 13.4. The molecule has 1 aromatic carbocycles. The Labute approximate surface area is 101 Å². The summed E-state index contributed by atoms with van der Waals surface area (Å²) >= 11 is 0. The lowest BCUT2D eigenvalue weighted by Crippen LogP contribution is -2.23. The van der Waals surface area contributed by atoms with E-state index in [-0.39, 0.29) is 12.0 Å². The van der Waals surface area contributed by atoms with Crippen LogP contribution in [0, 0.1) is 0 Å². The van der Waals surface area contributed by atoms with E-state index in [9.17, 15) is 8.78 Å². The molecule has 3 heteroatoms. The fourth-order valence-corrected chi connectivity index (χ4v) is 2.30. The van der Waals surface area contributed by atoms with Gasteiger partial charge in [-0.1, -0.05) is 31.2 Å². The van der Waals surface area contributed by atoms with Crippen molar-refractivity contribution < 1.29 is 8.78 Å². The molecule has 1 nitrogen and oxygen atoms in total. The lowest BCUT2D eigenvalue weighted by atomic mass is 10.0. The molecule has 1 fully saturated rings. The van der Waals surface area contributed by atoms with Crippen molar-refractivity contribution in [3.8, 4) is 0 Å². The SMILES string of the molecule is CCC(F)(F)c1ccc(CC2CCCN2)cc1. The standard InChI is InChI=1S/C14H19F2N/c1-2-14(15,16)12-7-5-11(6-8-12)10-13-4-3-9-17-13/h5-8,13,17H,2-4,9-10H2,1H3. The van der Waals surface area contributed by atoms with E-state index in [4.69, 9.17) is 0 Å². The van der Waals surface area contributed by atoms with Gasteiger partial charge in [-0.3, -0.25) is 0 Å². The molecule has 1 aliphatic heterocycles. The normalized spacial score (nSPS) is 20.8. The summed E-state index contributed by atoms with van der Waals surface area (Å²) in [5.41, 5.74) is 1.27. The summed E-state index contributed by atoms with van der Waals surface area (Å²) in [6.45, 7) is 2.59. The first-order valence-corrected chi connectivity index (χ1v) is 6.32. The molecule has 0 radical (unpaired) electrons. The summed E-state index contributed by atoms with van der Waals surface area (Å²) < 4.78 is 26.8. The highest BCUT2D eigenvalue weighted by atomic mass is 19.3. The van der Waals surface area contributed by atoms with Crippen molar-refractivity contribution in [2.75, 3.05) is 6.54 Å². The second kappa shape index (κ2) is 5.13. The van der Waals surface area contributed by atoms with Crippen LogP contribution in [-0.4, -0.2) is 12.6 Å². The molecule has 0 bridgehead atoms. The molecule has 1 N–H and O–H groups in total. The van der Waals surface area contributed by atoms with Gasteiger partial charge in [0.05, 0.1) is 0 Å². The Bertz CT molecular complexity index is 353. The molecule has 1 atom stereocenters. The maximum Gasteiger partial charge on any atom is 0.273 e. The second-order valence-electron chi connectivity index (χ2n) is 4.75. The highest BCUT2D eigenvalue weighted by molar-refractivity contribution is 5.26. The van der Waals surface area contributed by atoms with Crippen molar-refractivity contribution in [2.24, 2.45) is 0 Å². The Kier molecular flexibility index (Phi) is 3.77. The molecule has 1 aliphatic rings. The van der Waals surface area contributed by atoms with E-state index in [1.807, 2.05) is 12.1 Å². The summed E-state index contributed by atoms with van der Waals surface area (Å²) in [4.78, 5) is 0. The molecule has 0 amide bonds. The quantitative estimate of drug-likeness (QED) is 0.848. The predicted octanol–water partition coefficient (Wildman–Crippen LogP) is 3.48. The van der Waals surface area contributed by atoms with Crippen LogP contribution < -0.4 is 5.32 Å². The lowest BCUT2D eigenvalue weighted by Gasteiger charge is -2.15. The van der Waals surface area contributed by atoms with Gasteiger partial charge in [0.15, 0.2) is 0 Å². The average Bonchev–Trinajstić information content (AvgIpc) is 2.83. The molecule has 2 rings (SSSR count). The largest absolute Gasteiger partial charge is 0.314 e. The number of halogens is 2. The first-order valence-electron chi connectivity index (χ1n) is 6.32. The van der Waals surface area contributed by atoms with E-state index in [1.54, 1.807) is 12.1 Å². The molecule has 0 saturated carbocycles. The molecule has 0 aliphatic carbocycles. The Morgan fingerprint density at radius 1 is 1.29 bits per heavy atom. The van der Waals surface area contributed by atoms with Crippen molar-refractivity contribution in [1.29, 1.82) is 0 Å². The predicted molar refractivity (Wildman–Crippen MR) is 65.4 cm³/mol. The second-order valence-corrected chi connectivity index (χ2v) is 4.75. The molecular weight excluding hydrogens is 220 g/mol. The molecule has 1 heterocycles. The van der Waals surface area contributed by atoms with Gasteiger partial charge in [-0.15, -0.1) is 0 Å². The molecule has 17 heavy (non-hydrogen) atoms. The third-order valence-corrected chi connectivity index (χ3v) is 3.46. The fourth-order valence-electron chi connectivity index (χ4n) is 2.30. The van der Waals surface area contributed by atoms with Gasteiger partial charge in [0.2, 0.25) is 0 Å². The molecule has 1 aromatic rings. The van der Waals surface area contributed by atoms with Crippen LogP contribution in [0.2, 0.25) is 0 Å². The molecule has 0 spiro atoms. The van der Waals surface area contributed by atoms with E-state index in [0.29, 0.717) is 6.04 Å². The van der Waals surface area contributed by atoms with Crippen molar-refractivity contribution in [1.82, 2.24) is 5.32 Å². The first kappa shape index (κ1) is 12.5. The van der Waals surface area contributed by atoms with Crippen LogP contribution in [0.3, 0.4) is 0 Å². The highest BCUT2D eigenvalue weighted by Gasteiger charge is 2.28. The van der Waals surface area contributed by atoms with E-state index in [1.165, 1.54) is 19.8 Å². The smallest absolute Gasteiger partial charge is 0.273 e. The summed E-state index contributed by atoms with van der Waals surface area (Å²) in [5, 5.41) is 3.41. The van der Waals surface area contributed by atoms with Crippen LogP contribution in [0.4, 0.5) is 8.78 Å². The van der Waals surface area contributed by atoms with Crippen LogP contribution in [0.1, 0.15) is 37.3 Å². The van der Waals surface area contributed by atoms with Gasteiger partial charge in [-0.2, -0.15) is 0 Å². The zero-order chi connectivity index (χ0) is 12.3. The van der Waals surface area contributed by atoms with Crippen molar-refractivity contribution in [3.63, 3.8) is 0 Å². The van der Waals surface area contributed by atoms with Gasteiger partial charge in [-0.25, -0.2) is 8.78 Å². The summed E-state index contributed by atoms with van der Waals surface area (Å²) in [7, 11) is 0. The third-order valence-electron chi connectivity index (χ3n) is 3.46. The van der Waals surface area contributed by atoms with Gasteiger partial charge in [0.25, 0.3) is 5.92 Å². The third kappa shape index (κ3) is 3.03. The Hall–Kier alpha value is -0.960. The molecule has 0 aromatic heterocycles. The van der Waals surface area contributed by atoms with Gasteiger partial charge < -0.3 is 5.32 Å². The minimum Gasteiger partial charge on any atom is -0.314 e. The van der Waals surface area contributed by atoms with Gasteiger partial charge in [0, 0.05) is 18.0 Å². The minimum atomic E-state index is -2.69. The van der Waals surface area contributed by atoms with Crippen LogP contribution >= 0.6 is 0 Å². The monoisotopic (exact) mass is 239 g/mol. The molecular formula is C14H19F2N. The van der Waals surface area contributed by atoms with Gasteiger partial charge in [0.1, 0.15) is 0 Å². The van der Waals surface area contributed by atoms with Crippen LogP contribution in [0.15, 0.2) is 24.3 Å². The molecule has 1 saturated heterocycles. The van der Waals surface area contributed by atoms with Crippen LogP contribution in [0.5, 0.6) is 0 Å². The maximum atomic E-state index is 13.4. The van der Waals surface area contributed by atoms with Crippen molar-refractivity contribution in [3.05, 3.63) is 35.4 Å². The summed E-state index contributed by atoms with van der Waals surface area (Å²) in [6.07, 6.45) is 3.21. The fraction of sp³-hybridized carbons (Fsp3) is 0.571. The van der Waals surface area contributed by atoms with E-state index < -0.39 is 5.92 Å². The van der Waals surface area contributed by atoms with Crippen molar-refractivity contribution in [2.45, 2.75) is 44.6 Å². The average molecular weight is 239 g/mol. The summed E-state index contributed by atoms with van der Waals surface area (Å²) in [5.74, 6) is -2.69. The number of benzene rings is 1. The first-order chi connectivity index (χ1) is 8.12. The molecule has 94 valence electrons. The Morgan fingerprint density at radius 2 is 2.00 bits per heavy atom. The lowest BCUT2D eigenvalue weighted by molar-refractivity contribution is -0.00829. The van der Waals surface area contributed by atoms with Crippen molar-refractivity contribution >= 4 is 0 Å². The number of nitrogens with one attached hydrogen (secondary N) is 1. The van der Waals surface area contributed by atoms with Crippen LogP contribution in [0.25, 0.3) is 0 Å². The number of alkyl halides is 2. The number of hydrogen-bond acceptors (Lipinski definition) is 1. The topological polar surface area (TPSA) is 12.0 Å². The Balaban J connectivity index is 2.02. The summed E-state index contributed by atoms with van der Waals surface area (Å²) in [6, 6.07) is 7.31. The zero-order valence-corrected chi connectivity index (χ0v) is 10.2. The molecule has 1 unspecified atom stereocenters. The number of rotatable bonds is 4. The van der Waals surface area contributed by atoms with E-state index >= 15 is 0 Å². The zero-order valence-electron chi connectivity index (χ0n) is 10.2. The number of hydrogen-bond donors (Lipinski definition) is 1. The van der Waals surface area contributed by atoms with E-state index in [2.05, 4.69) is 5.32 Å². The van der Waals surface area contributed by atoms with E-state index in [0.717, 1.165) is 18.5 Å². The minimum absolute atomic E-state index is 0.128. The van der Waals surface area contributed by atoms with Crippen LogP contribution in [-0.2, 0) is 12.3 Å². The van der Waals surface area contributed by atoms with Gasteiger partial charge >= 0.3 is 0 Å².